The third-order valence-corrected chi connectivity index (χ3v) is 8.55. The molecule has 226 valence electrons. The minimum Gasteiger partial charge on any atom is -0.458 e. The van der Waals surface area contributed by atoms with Crippen molar-refractivity contribution in [2.24, 2.45) is 0 Å². The molecule has 1 aliphatic carbocycles. The maximum atomic E-state index is 6.12. The van der Waals surface area contributed by atoms with E-state index in [1.165, 1.54) is 22.3 Å². The van der Waals surface area contributed by atoms with Crippen LogP contribution < -0.4 is 9.47 Å². The van der Waals surface area contributed by atoms with E-state index in [-0.39, 0.29) is 0 Å². The van der Waals surface area contributed by atoms with E-state index in [1.807, 2.05) is 109 Å². The van der Waals surface area contributed by atoms with Crippen LogP contribution in [0.15, 0.2) is 195 Å². The summed E-state index contributed by atoms with van der Waals surface area (Å²) in [4.78, 5) is 0. The molecule has 0 fully saturated rings. The van der Waals surface area contributed by atoms with E-state index in [0.29, 0.717) is 11.5 Å². The fraction of sp³-hybridized carbons (Fsp3) is 0.0222. The van der Waals surface area contributed by atoms with Crippen LogP contribution in [0.4, 0.5) is 0 Å². The Labute approximate surface area is 276 Å². The zero-order valence-corrected chi connectivity index (χ0v) is 26.1. The van der Waals surface area contributed by atoms with Crippen molar-refractivity contribution in [1.82, 2.24) is 0 Å². The van der Waals surface area contributed by atoms with Gasteiger partial charge < -0.3 is 9.47 Å². The zero-order chi connectivity index (χ0) is 32.1. The van der Waals surface area contributed by atoms with Crippen molar-refractivity contribution in [3.8, 4) is 22.6 Å². The van der Waals surface area contributed by atoms with Crippen molar-refractivity contribution in [3.63, 3.8) is 0 Å². The second-order valence-electron chi connectivity index (χ2n) is 11.5. The summed E-state index contributed by atoms with van der Waals surface area (Å²) < 4.78 is 12.2. The molecule has 0 amide bonds. The molecule has 0 saturated heterocycles. The number of fused-ring (bicyclic) bond motifs is 3. The molecular weight excluding hydrogens is 572 g/mol. The lowest BCUT2D eigenvalue weighted by Crippen LogP contribution is -2.28. The maximum absolute atomic E-state index is 6.12. The summed E-state index contributed by atoms with van der Waals surface area (Å²) in [5.41, 5.74) is 8.93. The number of allylic oxidation sites excluding steroid dienone is 2. The van der Waals surface area contributed by atoms with Gasteiger partial charge in [0.15, 0.2) is 0 Å². The van der Waals surface area contributed by atoms with Crippen LogP contribution in [0.3, 0.4) is 0 Å². The van der Waals surface area contributed by atoms with Crippen LogP contribution in [0, 0.1) is 0 Å². The molecule has 7 rings (SSSR count). The molecule has 0 atom stereocenters. The van der Waals surface area contributed by atoms with Gasteiger partial charge in [0.25, 0.3) is 0 Å². The molecule has 0 bridgehead atoms. The summed E-state index contributed by atoms with van der Waals surface area (Å²) >= 11 is 0. The molecule has 0 saturated carbocycles. The van der Waals surface area contributed by atoms with Crippen molar-refractivity contribution in [2.45, 2.75) is 5.41 Å². The summed E-state index contributed by atoms with van der Waals surface area (Å²) in [6, 6.07) is 54.5. The molecule has 0 unspecified atom stereocenters. The second kappa shape index (κ2) is 13.1. The van der Waals surface area contributed by atoms with Gasteiger partial charge in [0.2, 0.25) is 0 Å². The van der Waals surface area contributed by atoms with Gasteiger partial charge in [-0.05, 0) is 80.9 Å². The predicted molar refractivity (Wildman–Crippen MR) is 194 cm³/mol. The van der Waals surface area contributed by atoms with Crippen LogP contribution >= 0.6 is 0 Å². The first-order valence-electron chi connectivity index (χ1n) is 15.7. The van der Waals surface area contributed by atoms with Crippen molar-refractivity contribution < 1.29 is 9.47 Å². The molecule has 0 radical (unpaired) electrons. The summed E-state index contributed by atoms with van der Waals surface area (Å²) in [6.07, 6.45) is 7.79. The van der Waals surface area contributed by atoms with E-state index >= 15 is 0 Å². The topological polar surface area (TPSA) is 18.5 Å². The molecule has 2 heteroatoms. The van der Waals surface area contributed by atoms with Gasteiger partial charge in [-0.3, -0.25) is 0 Å². The lowest BCUT2D eigenvalue weighted by atomic mass is 9.68. The molecule has 6 aromatic carbocycles. The number of hydrogen-bond acceptors (Lipinski definition) is 2. The number of hydrogen-bond donors (Lipinski definition) is 0. The lowest BCUT2D eigenvalue weighted by molar-refractivity contribution is 0.447. The minimum absolute atomic E-state index is 0.529. The molecule has 47 heavy (non-hydrogen) atoms. The highest BCUT2D eigenvalue weighted by Gasteiger charge is 2.45. The van der Waals surface area contributed by atoms with Gasteiger partial charge in [0.05, 0.1) is 5.41 Å². The van der Waals surface area contributed by atoms with Gasteiger partial charge in [0.1, 0.15) is 23.0 Å². The quantitative estimate of drug-likeness (QED) is 0.114. The Hall–Kier alpha value is -6.12. The highest BCUT2D eigenvalue weighted by molar-refractivity contribution is 5.86. The number of benzene rings is 6. The maximum Gasteiger partial charge on any atom is 0.127 e. The third kappa shape index (κ3) is 5.97. The SMILES string of the molecule is C=C(C=Cc1ccccc1)Oc1ccc(C2(c3ccc(OC(=C)C=Cc4ccccc4)cc3)c3ccccc3-c3ccccc32)cc1. The molecule has 1 aliphatic rings. The Bertz CT molecular complexity index is 1930. The van der Waals surface area contributed by atoms with Crippen LogP contribution in [-0.2, 0) is 5.41 Å². The standard InChI is InChI=1S/C45H34O2/c1-33(21-23-35-13-5-3-6-14-35)46-39-29-25-37(26-30-39)45(43-19-11-9-17-41(43)42-18-10-12-20-44(42)45)38-27-31-40(32-28-38)47-34(2)22-24-36-15-7-4-8-16-36/h3-32H,1-2H2. The largest absolute Gasteiger partial charge is 0.458 e. The average Bonchev–Trinajstić information content (AvgIpc) is 3.43. The van der Waals surface area contributed by atoms with Crippen LogP contribution in [-0.4, -0.2) is 0 Å². The van der Waals surface area contributed by atoms with Crippen molar-refractivity contribution in [3.05, 3.63) is 228 Å². The van der Waals surface area contributed by atoms with Crippen LogP contribution in [0.25, 0.3) is 23.3 Å². The molecule has 0 aliphatic heterocycles. The minimum atomic E-state index is -0.529. The molecule has 0 N–H and O–H groups in total. The second-order valence-corrected chi connectivity index (χ2v) is 11.5. The number of rotatable bonds is 10. The summed E-state index contributed by atoms with van der Waals surface area (Å²) in [5, 5.41) is 0. The Morgan fingerprint density at radius 1 is 0.426 bits per heavy atom. The van der Waals surface area contributed by atoms with Crippen LogP contribution in [0.1, 0.15) is 33.4 Å². The van der Waals surface area contributed by atoms with E-state index in [0.717, 1.165) is 33.8 Å². The predicted octanol–water partition coefficient (Wildman–Crippen LogP) is 11.3. The van der Waals surface area contributed by atoms with E-state index in [2.05, 4.69) is 86.0 Å². The van der Waals surface area contributed by atoms with Gasteiger partial charge in [-0.2, -0.15) is 0 Å². The Morgan fingerprint density at radius 3 is 1.19 bits per heavy atom. The van der Waals surface area contributed by atoms with Crippen molar-refractivity contribution in [1.29, 1.82) is 0 Å². The first kappa shape index (κ1) is 29.6. The van der Waals surface area contributed by atoms with Crippen molar-refractivity contribution >= 4 is 12.2 Å². The van der Waals surface area contributed by atoms with Crippen LogP contribution in [0.2, 0.25) is 0 Å². The molecule has 0 aromatic heterocycles. The molecule has 2 nitrogen and oxygen atoms in total. The van der Waals surface area contributed by atoms with Gasteiger partial charge in [0, 0.05) is 0 Å². The first-order valence-corrected chi connectivity index (χ1v) is 15.7. The third-order valence-electron chi connectivity index (χ3n) is 8.55. The Kier molecular flexibility index (Phi) is 8.24. The van der Waals surface area contributed by atoms with Crippen LogP contribution in [0.5, 0.6) is 11.5 Å². The monoisotopic (exact) mass is 606 g/mol. The van der Waals surface area contributed by atoms with Crippen molar-refractivity contribution in [2.75, 3.05) is 0 Å². The fourth-order valence-corrected chi connectivity index (χ4v) is 6.45. The Balaban J connectivity index is 1.22. The van der Waals surface area contributed by atoms with E-state index in [4.69, 9.17) is 9.47 Å². The van der Waals surface area contributed by atoms with E-state index in [1.54, 1.807) is 0 Å². The van der Waals surface area contributed by atoms with Gasteiger partial charge in [-0.15, -0.1) is 0 Å². The van der Waals surface area contributed by atoms with Gasteiger partial charge in [-0.25, -0.2) is 0 Å². The van der Waals surface area contributed by atoms with Gasteiger partial charge in [-0.1, -0.05) is 159 Å². The highest BCUT2D eigenvalue weighted by atomic mass is 16.5. The highest BCUT2D eigenvalue weighted by Crippen LogP contribution is 2.56. The summed E-state index contributed by atoms with van der Waals surface area (Å²) in [7, 11) is 0. The normalized spacial score (nSPS) is 12.9. The molecule has 6 aromatic rings. The lowest BCUT2D eigenvalue weighted by Gasteiger charge is -2.34. The Morgan fingerprint density at radius 2 is 0.787 bits per heavy atom. The summed E-state index contributed by atoms with van der Waals surface area (Å²) in [6.45, 7) is 8.22. The fourth-order valence-electron chi connectivity index (χ4n) is 6.45. The van der Waals surface area contributed by atoms with E-state index in [9.17, 15) is 0 Å². The molecular formula is C45H34O2. The van der Waals surface area contributed by atoms with Gasteiger partial charge >= 0.3 is 0 Å². The zero-order valence-electron chi connectivity index (χ0n) is 26.1. The molecule has 0 spiro atoms. The molecule has 0 heterocycles. The summed E-state index contributed by atoms with van der Waals surface area (Å²) in [5.74, 6) is 2.61. The van der Waals surface area contributed by atoms with E-state index < -0.39 is 5.41 Å². The average molecular weight is 607 g/mol. The first-order chi connectivity index (χ1) is 23.1. The smallest absolute Gasteiger partial charge is 0.127 e. The number of ether oxygens (including phenoxy) is 2.